The van der Waals surface area contributed by atoms with Crippen LogP contribution >= 0.6 is 11.6 Å². The van der Waals surface area contributed by atoms with Crippen LogP contribution in [0.2, 0.25) is 5.02 Å². The number of carbonyl (C=O) groups excluding carboxylic acids is 2. The second-order valence-electron chi connectivity index (χ2n) is 5.75. The highest BCUT2D eigenvalue weighted by Crippen LogP contribution is 2.23. The van der Waals surface area contributed by atoms with E-state index in [-0.39, 0.29) is 25.0 Å². The molecular weight excluding hydrogens is 352 g/mol. The number of anilines is 1. The Labute approximate surface area is 147 Å². The molecule has 5 nitrogen and oxygen atoms in total. The maximum absolute atomic E-state index is 13.8. The van der Waals surface area contributed by atoms with Gasteiger partial charge in [0.15, 0.2) is 11.5 Å². The molecule has 2 aromatic rings. The predicted molar refractivity (Wildman–Crippen MR) is 88.5 cm³/mol. The highest BCUT2D eigenvalue weighted by Gasteiger charge is 2.35. The van der Waals surface area contributed by atoms with Crippen LogP contribution in [0.15, 0.2) is 36.5 Å². The average Bonchev–Trinajstić information content (AvgIpc) is 2.57. The molecule has 1 aromatic carbocycles. The molecule has 1 aliphatic rings. The first-order chi connectivity index (χ1) is 11.9. The number of piperazine rings is 1. The smallest absolute Gasteiger partial charge is 0.276 e. The summed E-state index contributed by atoms with van der Waals surface area (Å²) in [6.45, 7) is 1.77. The highest BCUT2D eigenvalue weighted by molar-refractivity contribution is 6.30. The summed E-state index contributed by atoms with van der Waals surface area (Å²) in [6.07, 6.45) is 0.771. The van der Waals surface area contributed by atoms with Crippen LogP contribution in [-0.4, -0.2) is 40.8 Å². The fourth-order valence-electron chi connectivity index (χ4n) is 2.70. The van der Waals surface area contributed by atoms with Crippen LogP contribution in [0.5, 0.6) is 0 Å². The average molecular weight is 366 g/mol. The third kappa shape index (κ3) is 3.46. The summed E-state index contributed by atoms with van der Waals surface area (Å²) in [5.41, 5.74) is 0.167. The van der Waals surface area contributed by atoms with Gasteiger partial charge in [0.25, 0.3) is 5.91 Å². The van der Waals surface area contributed by atoms with Gasteiger partial charge in [0.2, 0.25) is 5.91 Å². The number of nitrogens with zero attached hydrogens (tertiary/aromatic N) is 3. The van der Waals surface area contributed by atoms with Crippen molar-refractivity contribution in [1.29, 1.82) is 0 Å². The molecule has 25 heavy (non-hydrogen) atoms. The maximum atomic E-state index is 13.8. The lowest BCUT2D eigenvalue weighted by molar-refractivity contribution is -0.121. The minimum atomic E-state index is -1.05. The lowest BCUT2D eigenvalue weighted by Gasteiger charge is -2.39. The Balaban J connectivity index is 1.81. The number of aromatic nitrogens is 1. The number of carbonyl (C=O) groups is 2. The predicted octanol–water partition coefficient (Wildman–Crippen LogP) is 2.89. The van der Waals surface area contributed by atoms with Crippen molar-refractivity contribution in [3.05, 3.63) is 58.9 Å². The highest BCUT2D eigenvalue weighted by atomic mass is 35.5. The topological polar surface area (TPSA) is 53.5 Å². The van der Waals surface area contributed by atoms with Crippen LogP contribution < -0.4 is 4.90 Å². The number of hydrogen-bond acceptors (Lipinski definition) is 3. The van der Waals surface area contributed by atoms with Gasteiger partial charge in [-0.3, -0.25) is 9.59 Å². The fraction of sp³-hybridized carbons (Fsp3) is 0.235. The van der Waals surface area contributed by atoms with E-state index in [0.717, 1.165) is 6.20 Å². The molecule has 8 heteroatoms. The number of hydrogen-bond donors (Lipinski definition) is 0. The molecule has 2 heterocycles. The van der Waals surface area contributed by atoms with E-state index >= 15 is 0 Å². The van der Waals surface area contributed by atoms with Gasteiger partial charge in [-0.25, -0.2) is 13.8 Å². The first-order valence-electron chi connectivity index (χ1n) is 7.55. The molecular formula is C17H14ClF2N3O2. The van der Waals surface area contributed by atoms with Gasteiger partial charge >= 0.3 is 0 Å². The van der Waals surface area contributed by atoms with Crippen molar-refractivity contribution in [3.63, 3.8) is 0 Å². The van der Waals surface area contributed by atoms with Gasteiger partial charge in [0, 0.05) is 29.4 Å². The lowest BCUT2D eigenvalue weighted by atomic mass is 10.1. The normalized spacial score (nSPS) is 17.8. The Kier molecular flexibility index (Phi) is 4.67. The van der Waals surface area contributed by atoms with Gasteiger partial charge in [-0.15, -0.1) is 0 Å². The van der Waals surface area contributed by atoms with Crippen molar-refractivity contribution in [2.75, 3.05) is 18.0 Å². The Bertz CT molecular complexity index is 829. The van der Waals surface area contributed by atoms with Crippen molar-refractivity contribution in [2.24, 2.45) is 0 Å². The van der Waals surface area contributed by atoms with Gasteiger partial charge in [-0.2, -0.15) is 0 Å². The summed E-state index contributed by atoms with van der Waals surface area (Å²) in [7, 11) is 0. The van der Waals surface area contributed by atoms with E-state index in [9.17, 15) is 18.4 Å². The van der Waals surface area contributed by atoms with Crippen LogP contribution in [0.25, 0.3) is 0 Å². The van der Waals surface area contributed by atoms with Crippen molar-refractivity contribution in [3.8, 4) is 0 Å². The van der Waals surface area contributed by atoms with Crippen molar-refractivity contribution >= 4 is 29.1 Å². The van der Waals surface area contributed by atoms with E-state index in [1.807, 2.05) is 0 Å². The van der Waals surface area contributed by atoms with Crippen molar-refractivity contribution in [2.45, 2.75) is 13.0 Å². The van der Waals surface area contributed by atoms with E-state index in [2.05, 4.69) is 4.98 Å². The molecule has 130 valence electrons. The Morgan fingerprint density at radius 3 is 2.60 bits per heavy atom. The van der Waals surface area contributed by atoms with E-state index < -0.39 is 23.2 Å². The van der Waals surface area contributed by atoms with E-state index in [1.54, 1.807) is 36.1 Å². The molecule has 0 bridgehead atoms. The molecule has 2 amide bonds. The number of pyridine rings is 1. The number of amides is 2. The molecule has 0 N–H and O–H groups in total. The maximum Gasteiger partial charge on any atom is 0.276 e. The molecule has 1 atom stereocenters. The summed E-state index contributed by atoms with van der Waals surface area (Å²) in [6, 6.07) is 6.99. The van der Waals surface area contributed by atoms with Crippen molar-refractivity contribution < 1.29 is 18.4 Å². The summed E-state index contributed by atoms with van der Waals surface area (Å²) in [4.78, 5) is 31.2. The van der Waals surface area contributed by atoms with Gasteiger partial charge < -0.3 is 9.80 Å². The molecule has 0 spiro atoms. The van der Waals surface area contributed by atoms with Gasteiger partial charge in [0.05, 0.1) is 6.20 Å². The number of benzene rings is 1. The zero-order valence-corrected chi connectivity index (χ0v) is 14.0. The molecule has 0 radical (unpaired) electrons. The van der Waals surface area contributed by atoms with E-state index in [1.165, 1.54) is 4.90 Å². The minimum Gasteiger partial charge on any atom is -0.323 e. The van der Waals surface area contributed by atoms with E-state index in [4.69, 9.17) is 11.6 Å². The molecule has 1 aromatic heterocycles. The Morgan fingerprint density at radius 2 is 1.96 bits per heavy atom. The molecule has 1 aliphatic heterocycles. The van der Waals surface area contributed by atoms with Crippen LogP contribution in [0.1, 0.15) is 17.4 Å². The summed E-state index contributed by atoms with van der Waals surface area (Å²) in [5.74, 6) is -2.97. The van der Waals surface area contributed by atoms with Gasteiger partial charge in [-0.1, -0.05) is 11.6 Å². The third-order valence-electron chi connectivity index (χ3n) is 4.00. The van der Waals surface area contributed by atoms with Crippen LogP contribution in [0.4, 0.5) is 14.5 Å². The Hall–Kier alpha value is -2.54. The molecule has 3 rings (SSSR count). The first-order valence-corrected chi connectivity index (χ1v) is 7.92. The van der Waals surface area contributed by atoms with Crippen LogP contribution in [-0.2, 0) is 4.79 Å². The summed E-state index contributed by atoms with van der Waals surface area (Å²) < 4.78 is 26.8. The molecule has 0 saturated carbocycles. The van der Waals surface area contributed by atoms with Crippen LogP contribution in [0, 0.1) is 11.6 Å². The molecule has 1 fully saturated rings. The zero-order valence-electron chi connectivity index (χ0n) is 13.2. The quantitative estimate of drug-likeness (QED) is 0.822. The second kappa shape index (κ2) is 6.76. The minimum absolute atomic E-state index is 0.221. The monoisotopic (exact) mass is 365 g/mol. The molecule has 1 unspecified atom stereocenters. The van der Waals surface area contributed by atoms with Gasteiger partial charge in [0.1, 0.15) is 12.4 Å². The fourth-order valence-corrected chi connectivity index (χ4v) is 2.83. The van der Waals surface area contributed by atoms with Gasteiger partial charge in [-0.05, 0) is 31.2 Å². The summed E-state index contributed by atoms with van der Waals surface area (Å²) >= 11 is 5.85. The SMILES string of the molecule is CC1CN(c2ccc(Cl)cc2)C(=O)CN1C(=O)c1ncc(F)cc1F. The van der Waals surface area contributed by atoms with Crippen LogP contribution in [0.3, 0.4) is 0 Å². The van der Waals surface area contributed by atoms with E-state index in [0.29, 0.717) is 16.8 Å². The third-order valence-corrected chi connectivity index (χ3v) is 4.25. The zero-order chi connectivity index (χ0) is 18.1. The largest absolute Gasteiger partial charge is 0.323 e. The Morgan fingerprint density at radius 1 is 1.28 bits per heavy atom. The summed E-state index contributed by atoms with van der Waals surface area (Å²) in [5, 5.41) is 0.552. The number of rotatable bonds is 2. The number of halogens is 3. The second-order valence-corrected chi connectivity index (χ2v) is 6.18. The van der Waals surface area contributed by atoms with Crippen molar-refractivity contribution in [1.82, 2.24) is 9.88 Å². The molecule has 1 saturated heterocycles. The first kappa shape index (κ1) is 17.3. The molecule has 0 aliphatic carbocycles. The lowest BCUT2D eigenvalue weighted by Crippen LogP contribution is -2.57. The standard InChI is InChI=1S/C17H14ClF2N3O2/c1-10-8-23(13-4-2-11(18)3-5-13)15(24)9-22(10)17(25)16-14(20)6-12(19)7-21-16/h2-7,10H,8-9H2,1H3.